The van der Waals surface area contributed by atoms with E-state index in [-0.39, 0.29) is 17.8 Å². The van der Waals surface area contributed by atoms with Gasteiger partial charge in [-0.2, -0.15) is 0 Å². The highest BCUT2D eigenvalue weighted by atomic mass is 16.5. The quantitative estimate of drug-likeness (QED) is 0.303. The number of rotatable bonds is 7. The number of H-pyrrole nitrogens is 1. The van der Waals surface area contributed by atoms with E-state index in [0.717, 1.165) is 16.5 Å². The smallest absolute Gasteiger partial charge is 0.337 e. The number of aromatic amines is 1. The molecule has 1 atom stereocenters. The monoisotopic (exact) mass is 481 g/mol. The van der Waals surface area contributed by atoms with Gasteiger partial charge in [-0.05, 0) is 47.9 Å². The van der Waals surface area contributed by atoms with Crippen LogP contribution in [-0.2, 0) is 16.0 Å². The maximum Gasteiger partial charge on any atom is 0.337 e. The molecule has 0 bridgehead atoms. The van der Waals surface area contributed by atoms with Gasteiger partial charge in [-0.15, -0.1) is 0 Å². The number of methoxy groups -OCH3 is 1. The summed E-state index contributed by atoms with van der Waals surface area (Å²) in [4.78, 5) is 47.4. The lowest BCUT2D eigenvalue weighted by atomic mass is 9.93. The summed E-state index contributed by atoms with van der Waals surface area (Å²) in [6, 6.07) is 18.4. The SMILES string of the molecule is COC(=O)c1ccc(C2C(C(=O)c3ccccn3)=C(O)C(=O)N2CCc2c[nH]c3ccccc23)cc1. The molecule has 36 heavy (non-hydrogen) atoms. The number of esters is 1. The largest absolute Gasteiger partial charge is 0.503 e. The minimum Gasteiger partial charge on any atom is -0.503 e. The number of hydrogen-bond acceptors (Lipinski definition) is 6. The van der Waals surface area contributed by atoms with Crippen molar-refractivity contribution < 1.29 is 24.2 Å². The van der Waals surface area contributed by atoms with Gasteiger partial charge in [0.25, 0.3) is 5.91 Å². The van der Waals surface area contributed by atoms with Gasteiger partial charge in [0.15, 0.2) is 5.76 Å². The number of nitrogens with one attached hydrogen (secondary N) is 1. The van der Waals surface area contributed by atoms with E-state index in [1.807, 2.05) is 30.5 Å². The highest BCUT2D eigenvalue weighted by Crippen LogP contribution is 2.39. The number of amides is 1. The van der Waals surface area contributed by atoms with Gasteiger partial charge in [0, 0.05) is 29.8 Å². The molecule has 2 aromatic carbocycles. The summed E-state index contributed by atoms with van der Waals surface area (Å²) in [5.74, 6) is -2.25. The van der Waals surface area contributed by atoms with E-state index >= 15 is 0 Å². The van der Waals surface area contributed by atoms with Crippen LogP contribution in [0.3, 0.4) is 0 Å². The van der Waals surface area contributed by atoms with Crippen LogP contribution in [0.2, 0.25) is 0 Å². The van der Waals surface area contributed by atoms with E-state index in [0.29, 0.717) is 17.5 Å². The number of nitrogens with zero attached hydrogens (tertiary/aromatic N) is 2. The Morgan fingerprint density at radius 2 is 1.81 bits per heavy atom. The number of carbonyl (C=O) groups excluding carboxylic acids is 3. The van der Waals surface area contributed by atoms with Crippen molar-refractivity contribution in [3.63, 3.8) is 0 Å². The summed E-state index contributed by atoms with van der Waals surface area (Å²) < 4.78 is 4.77. The molecule has 1 unspecified atom stereocenters. The number of aliphatic hydroxyl groups excluding tert-OH is 1. The van der Waals surface area contributed by atoms with Gasteiger partial charge < -0.3 is 19.7 Å². The van der Waals surface area contributed by atoms with Crippen LogP contribution >= 0.6 is 0 Å². The Kier molecular flexibility index (Phi) is 6.08. The molecule has 0 fully saturated rings. The van der Waals surface area contributed by atoms with Crippen LogP contribution < -0.4 is 0 Å². The van der Waals surface area contributed by atoms with Crippen LogP contribution in [0.4, 0.5) is 0 Å². The highest BCUT2D eigenvalue weighted by Gasteiger charge is 2.43. The fourth-order valence-corrected chi connectivity index (χ4v) is 4.60. The number of Topliss-reactive ketones (excluding diaryl/α,β-unsaturated/α-hetero) is 1. The van der Waals surface area contributed by atoms with E-state index < -0.39 is 29.5 Å². The molecule has 0 aliphatic carbocycles. The molecule has 0 radical (unpaired) electrons. The first-order chi connectivity index (χ1) is 17.5. The topological polar surface area (TPSA) is 113 Å². The second-order valence-corrected chi connectivity index (χ2v) is 8.43. The molecule has 8 nitrogen and oxygen atoms in total. The van der Waals surface area contributed by atoms with Gasteiger partial charge in [-0.3, -0.25) is 14.6 Å². The first-order valence-electron chi connectivity index (χ1n) is 11.4. The number of para-hydroxylation sites is 1. The molecule has 1 amide bonds. The number of pyridine rings is 1. The summed E-state index contributed by atoms with van der Waals surface area (Å²) in [5.41, 5.74) is 3.01. The van der Waals surface area contributed by atoms with E-state index in [1.54, 1.807) is 42.5 Å². The predicted octanol–water partition coefficient (Wildman–Crippen LogP) is 4.17. The molecule has 0 saturated carbocycles. The number of hydrogen-bond donors (Lipinski definition) is 2. The maximum absolute atomic E-state index is 13.4. The van der Waals surface area contributed by atoms with E-state index in [1.165, 1.54) is 18.2 Å². The third kappa shape index (κ3) is 4.02. The molecule has 1 aliphatic heterocycles. The Balaban J connectivity index is 1.52. The zero-order valence-corrected chi connectivity index (χ0v) is 19.5. The van der Waals surface area contributed by atoms with Crippen molar-refractivity contribution in [1.82, 2.24) is 14.9 Å². The molecule has 4 aromatic rings. The Morgan fingerprint density at radius 3 is 2.53 bits per heavy atom. The second-order valence-electron chi connectivity index (χ2n) is 8.43. The lowest BCUT2D eigenvalue weighted by Gasteiger charge is -2.27. The summed E-state index contributed by atoms with van der Waals surface area (Å²) in [7, 11) is 1.29. The zero-order valence-electron chi connectivity index (χ0n) is 19.5. The Labute approximate surface area is 206 Å². The Bertz CT molecular complexity index is 1490. The maximum atomic E-state index is 13.4. The van der Waals surface area contributed by atoms with Crippen LogP contribution in [0, 0.1) is 0 Å². The van der Waals surface area contributed by atoms with Crippen LogP contribution in [-0.4, -0.2) is 51.3 Å². The summed E-state index contributed by atoms with van der Waals surface area (Å²) >= 11 is 0. The van der Waals surface area contributed by atoms with Gasteiger partial charge in [0.2, 0.25) is 5.78 Å². The van der Waals surface area contributed by atoms with E-state index in [9.17, 15) is 19.5 Å². The molecule has 0 spiro atoms. The van der Waals surface area contributed by atoms with Crippen LogP contribution in [0.15, 0.2) is 90.5 Å². The van der Waals surface area contributed by atoms with Crippen molar-refractivity contribution in [2.45, 2.75) is 12.5 Å². The highest BCUT2D eigenvalue weighted by molar-refractivity contribution is 6.15. The summed E-state index contributed by atoms with van der Waals surface area (Å²) in [6.45, 7) is 0.257. The minimum absolute atomic E-state index is 0.0385. The molecule has 2 N–H and O–H groups in total. The number of ketones is 1. The van der Waals surface area contributed by atoms with Gasteiger partial charge in [0.05, 0.1) is 24.3 Å². The molecule has 8 heteroatoms. The van der Waals surface area contributed by atoms with Crippen LogP contribution in [0.5, 0.6) is 0 Å². The van der Waals surface area contributed by atoms with Crippen molar-refractivity contribution >= 4 is 28.6 Å². The average Bonchev–Trinajstić information content (AvgIpc) is 3.45. The van der Waals surface area contributed by atoms with Crippen LogP contribution in [0.25, 0.3) is 10.9 Å². The fraction of sp³-hybridized carbons (Fsp3) is 0.143. The van der Waals surface area contributed by atoms with Crippen molar-refractivity contribution in [3.05, 3.63) is 113 Å². The molecular weight excluding hydrogens is 458 g/mol. The normalized spacial score (nSPS) is 15.5. The number of aromatic nitrogens is 2. The number of benzene rings is 2. The van der Waals surface area contributed by atoms with Gasteiger partial charge in [-0.1, -0.05) is 36.4 Å². The lowest BCUT2D eigenvalue weighted by molar-refractivity contribution is -0.129. The molecule has 0 saturated heterocycles. The zero-order chi connectivity index (χ0) is 25.2. The number of aliphatic hydroxyl groups is 1. The molecule has 2 aromatic heterocycles. The minimum atomic E-state index is -0.844. The van der Waals surface area contributed by atoms with Crippen molar-refractivity contribution in [1.29, 1.82) is 0 Å². The second kappa shape index (κ2) is 9.50. The standard InChI is InChI=1S/C28H23N3O5/c1-36-28(35)18-11-9-17(10-12-18)24-23(25(32)22-8-4-5-14-29-22)26(33)27(34)31(24)15-13-19-16-30-21-7-3-2-6-20(19)21/h2-12,14,16,24,30,33H,13,15H2,1H3. The third-order valence-corrected chi connectivity index (χ3v) is 6.39. The van der Waals surface area contributed by atoms with E-state index in [2.05, 4.69) is 9.97 Å². The Hall–Kier alpha value is -4.72. The summed E-state index contributed by atoms with van der Waals surface area (Å²) in [6.07, 6.45) is 3.89. The third-order valence-electron chi connectivity index (χ3n) is 6.39. The van der Waals surface area contributed by atoms with Gasteiger partial charge >= 0.3 is 5.97 Å². The van der Waals surface area contributed by atoms with Crippen molar-refractivity contribution in [3.8, 4) is 0 Å². The first kappa shape index (κ1) is 23.0. The molecule has 1 aliphatic rings. The van der Waals surface area contributed by atoms with Crippen molar-refractivity contribution in [2.24, 2.45) is 0 Å². The number of ether oxygens (including phenoxy) is 1. The van der Waals surface area contributed by atoms with E-state index in [4.69, 9.17) is 4.74 Å². The Morgan fingerprint density at radius 1 is 1.06 bits per heavy atom. The molecule has 180 valence electrons. The van der Waals surface area contributed by atoms with Crippen LogP contribution in [0.1, 0.15) is 38.0 Å². The summed E-state index contributed by atoms with van der Waals surface area (Å²) in [5, 5.41) is 11.9. The average molecular weight is 482 g/mol. The number of carbonyl (C=O) groups is 3. The molecule has 5 rings (SSSR count). The molecular formula is C28H23N3O5. The lowest BCUT2D eigenvalue weighted by Crippen LogP contribution is -2.33. The van der Waals surface area contributed by atoms with Gasteiger partial charge in [-0.25, -0.2) is 4.79 Å². The van der Waals surface area contributed by atoms with Gasteiger partial charge in [0.1, 0.15) is 5.69 Å². The fourth-order valence-electron chi connectivity index (χ4n) is 4.60. The molecule has 3 heterocycles. The number of fused-ring (bicyclic) bond motifs is 1. The predicted molar refractivity (Wildman–Crippen MR) is 132 cm³/mol. The van der Waals surface area contributed by atoms with Crippen molar-refractivity contribution in [2.75, 3.05) is 13.7 Å². The first-order valence-corrected chi connectivity index (χ1v) is 11.4.